The monoisotopic (exact) mass is 498 g/mol. The van der Waals surface area contributed by atoms with Gasteiger partial charge in [0.05, 0.1) is 12.2 Å². The number of hydrogen-bond donors (Lipinski definition) is 2. The lowest BCUT2D eigenvalue weighted by Gasteiger charge is -2.42. The van der Waals surface area contributed by atoms with Crippen molar-refractivity contribution in [3.63, 3.8) is 0 Å². The van der Waals surface area contributed by atoms with Crippen LogP contribution in [-0.4, -0.2) is 70.4 Å². The molecule has 1 saturated heterocycles. The molecule has 0 saturated carbocycles. The summed E-state index contributed by atoms with van der Waals surface area (Å²) >= 11 is 0. The van der Waals surface area contributed by atoms with E-state index in [4.69, 9.17) is 13.6 Å². The van der Waals surface area contributed by atoms with E-state index in [0.717, 1.165) is 0 Å². The topological polar surface area (TPSA) is 127 Å². The van der Waals surface area contributed by atoms with Crippen LogP contribution in [0.2, 0.25) is 18.1 Å². The molecule has 194 valence electrons. The summed E-state index contributed by atoms with van der Waals surface area (Å²) in [5.74, 6) is -0.318. The van der Waals surface area contributed by atoms with Gasteiger partial charge in [-0.05, 0) is 65.6 Å². The first-order valence-corrected chi connectivity index (χ1v) is 14.8. The molecule has 10 nitrogen and oxygen atoms in total. The van der Waals surface area contributed by atoms with Gasteiger partial charge in [0, 0.05) is 6.54 Å². The average Bonchev–Trinajstić information content (AvgIpc) is 3.33. The Kier molecular flexibility index (Phi) is 8.26. The van der Waals surface area contributed by atoms with E-state index in [0.29, 0.717) is 19.4 Å². The van der Waals surface area contributed by atoms with Crippen molar-refractivity contribution in [2.45, 2.75) is 116 Å². The molecule has 1 aromatic rings. The van der Waals surface area contributed by atoms with Gasteiger partial charge in [-0.3, -0.25) is 9.69 Å². The molecule has 34 heavy (non-hydrogen) atoms. The Hall–Kier alpha value is -1.98. The van der Waals surface area contributed by atoms with Crippen molar-refractivity contribution in [1.29, 1.82) is 0 Å². The lowest BCUT2D eigenvalue weighted by Crippen LogP contribution is -2.64. The van der Waals surface area contributed by atoms with Crippen molar-refractivity contribution >= 4 is 20.3 Å². The van der Waals surface area contributed by atoms with Crippen LogP contribution in [0.3, 0.4) is 0 Å². The molecule has 0 radical (unpaired) electrons. The Morgan fingerprint density at radius 2 is 1.85 bits per heavy atom. The molecular formula is C23H42N4O6Si. The standard InChI is InChI=1S/C23H42N4O6Si/c1-15(33-34(9,10)22(6,7)8)17(18-26-24-14-31-18)25-19(29)23(16(2)28)12-11-13-27(23)20(30)32-21(3,4)5/h14-17,28H,11-13H2,1-10H3,(H,25,29)/t15-,16?,17+,23?/m0/s1. The number of likely N-dealkylation sites (tertiary alicyclic amines) is 1. The highest BCUT2D eigenvalue weighted by atomic mass is 28.4. The second-order valence-corrected chi connectivity index (χ2v) is 16.4. The molecule has 11 heteroatoms. The number of rotatable bonds is 7. The number of carbonyl (C=O) groups is 2. The smallest absolute Gasteiger partial charge is 0.411 e. The Labute approximate surface area is 203 Å². The van der Waals surface area contributed by atoms with Crippen molar-refractivity contribution < 1.29 is 28.3 Å². The molecule has 0 spiro atoms. The van der Waals surface area contributed by atoms with E-state index in [1.54, 1.807) is 20.8 Å². The van der Waals surface area contributed by atoms with E-state index in [-0.39, 0.29) is 10.9 Å². The van der Waals surface area contributed by atoms with Crippen LogP contribution in [0.5, 0.6) is 0 Å². The number of aliphatic hydroxyl groups excluding tert-OH is 1. The SMILES string of the molecule is CC(O)C1(C(=O)N[C@@H](c2nnco2)[C@H](C)O[Si](C)(C)C(C)(C)C)CCCN1C(=O)OC(C)(C)C. The van der Waals surface area contributed by atoms with Gasteiger partial charge in [0.15, 0.2) is 13.9 Å². The van der Waals surface area contributed by atoms with Crippen molar-refractivity contribution in [2.24, 2.45) is 0 Å². The summed E-state index contributed by atoms with van der Waals surface area (Å²) in [7, 11) is -2.20. The second kappa shape index (κ2) is 9.94. The van der Waals surface area contributed by atoms with Gasteiger partial charge in [0.2, 0.25) is 18.2 Å². The fourth-order valence-electron chi connectivity index (χ4n) is 3.95. The van der Waals surface area contributed by atoms with E-state index >= 15 is 0 Å². The number of aliphatic hydroxyl groups is 1. The van der Waals surface area contributed by atoms with E-state index in [1.807, 2.05) is 6.92 Å². The maximum atomic E-state index is 13.8. The van der Waals surface area contributed by atoms with Crippen molar-refractivity contribution in [2.75, 3.05) is 6.54 Å². The number of hydrogen-bond acceptors (Lipinski definition) is 8. The highest BCUT2D eigenvalue weighted by Crippen LogP contribution is 2.39. The third-order valence-electron chi connectivity index (χ3n) is 6.81. The zero-order valence-electron chi connectivity index (χ0n) is 22.3. The number of nitrogens with zero attached hydrogens (tertiary/aromatic N) is 3. The first kappa shape index (κ1) is 28.3. The average molecular weight is 499 g/mol. The van der Waals surface area contributed by atoms with Crippen LogP contribution < -0.4 is 5.32 Å². The highest BCUT2D eigenvalue weighted by molar-refractivity contribution is 6.74. The molecule has 1 fully saturated rings. The molecule has 0 aromatic carbocycles. The minimum Gasteiger partial charge on any atom is -0.444 e. The van der Waals surface area contributed by atoms with Gasteiger partial charge in [-0.25, -0.2) is 4.79 Å². The van der Waals surface area contributed by atoms with Gasteiger partial charge in [0.25, 0.3) is 0 Å². The number of ether oxygens (including phenoxy) is 1. The summed E-state index contributed by atoms with van der Waals surface area (Å²) in [6.45, 7) is 19.6. The summed E-state index contributed by atoms with van der Waals surface area (Å²) in [6, 6.07) is -0.763. The minimum atomic E-state index is -2.20. The molecule has 0 aliphatic carbocycles. The molecule has 1 aromatic heterocycles. The number of nitrogens with one attached hydrogen (secondary N) is 1. The predicted molar refractivity (Wildman–Crippen MR) is 130 cm³/mol. The first-order chi connectivity index (χ1) is 15.4. The lowest BCUT2D eigenvalue weighted by molar-refractivity contribution is -0.140. The lowest BCUT2D eigenvalue weighted by atomic mass is 9.88. The Morgan fingerprint density at radius 1 is 1.24 bits per heavy atom. The van der Waals surface area contributed by atoms with Gasteiger partial charge in [0.1, 0.15) is 11.6 Å². The van der Waals surface area contributed by atoms with E-state index in [2.05, 4.69) is 49.4 Å². The van der Waals surface area contributed by atoms with Gasteiger partial charge >= 0.3 is 6.09 Å². The zero-order valence-corrected chi connectivity index (χ0v) is 23.3. The van der Waals surface area contributed by atoms with Gasteiger partial charge in [-0.15, -0.1) is 10.2 Å². The van der Waals surface area contributed by atoms with Crippen LogP contribution >= 0.6 is 0 Å². The third-order valence-corrected chi connectivity index (χ3v) is 11.4. The van der Waals surface area contributed by atoms with E-state index < -0.39 is 49.7 Å². The molecule has 2 N–H and O–H groups in total. The van der Waals surface area contributed by atoms with Gasteiger partial charge < -0.3 is 24.0 Å². The van der Waals surface area contributed by atoms with E-state index in [1.165, 1.54) is 18.2 Å². The largest absolute Gasteiger partial charge is 0.444 e. The number of carbonyl (C=O) groups excluding carboxylic acids is 2. The summed E-state index contributed by atoms with van der Waals surface area (Å²) in [6.07, 6.45) is -0.223. The van der Waals surface area contributed by atoms with Crippen LogP contribution in [0.25, 0.3) is 0 Å². The molecule has 4 atom stereocenters. The second-order valence-electron chi connectivity index (χ2n) is 11.6. The van der Waals surface area contributed by atoms with Gasteiger partial charge in [-0.2, -0.15) is 0 Å². The fraction of sp³-hybridized carbons (Fsp3) is 0.826. The maximum absolute atomic E-state index is 13.8. The summed E-state index contributed by atoms with van der Waals surface area (Å²) in [5, 5.41) is 21.5. The molecule has 0 bridgehead atoms. The molecule has 2 unspecified atom stereocenters. The first-order valence-electron chi connectivity index (χ1n) is 11.9. The molecule has 2 heterocycles. The summed E-state index contributed by atoms with van der Waals surface area (Å²) < 4.78 is 17.5. The molecule has 2 rings (SSSR count). The molecule has 2 amide bonds. The van der Waals surface area contributed by atoms with Crippen LogP contribution in [0.4, 0.5) is 4.79 Å². The van der Waals surface area contributed by atoms with Crippen LogP contribution in [0.1, 0.15) is 80.2 Å². The predicted octanol–water partition coefficient (Wildman–Crippen LogP) is 3.79. The van der Waals surface area contributed by atoms with Crippen molar-refractivity contribution in [3.8, 4) is 0 Å². The zero-order chi connectivity index (χ0) is 26.1. The molecular weight excluding hydrogens is 456 g/mol. The van der Waals surface area contributed by atoms with Crippen molar-refractivity contribution in [3.05, 3.63) is 12.3 Å². The Balaban J connectivity index is 2.38. The number of amides is 2. The van der Waals surface area contributed by atoms with Crippen molar-refractivity contribution in [1.82, 2.24) is 20.4 Å². The van der Waals surface area contributed by atoms with Crippen LogP contribution in [0, 0.1) is 0 Å². The summed E-state index contributed by atoms with van der Waals surface area (Å²) in [5.41, 5.74) is -2.23. The highest BCUT2D eigenvalue weighted by Gasteiger charge is 2.55. The molecule has 1 aliphatic heterocycles. The number of aromatic nitrogens is 2. The normalized spacial score (nSPS) is 22.3. The minimum absolute atomic E-state index is 0.0511. The Morgan fingerprint density at radius 3 is 2.32 bits per heavy atom. The fourth-order valence-corrected chi connectivity index (χ4v) is 5.36. The Bertz CT molecular complexity index is 847. The van der Waals surface area contributed by atoms with Crippen LogP contribution in [-0.2, 0) is 14.0 Å². The van der Waals surface area contributed by atoms with E-state index in [9.17, 15) is 14.7 Å². The quantitative estimate of drug-likeness (QED) is 0.544. The summed E-state index contributed by atoms with van der Waals surface area (Å²) in [4.78, 5) is 28.1. The van der Waals surface area contributed by atoms with Gasteiger partial charge in [-0.1, -0.05) is 20.8 Å². The maximum Gasteiger partial charge on any atom is 0.411 e. The molecule has 1 aliphatic rings. The van der Waals surface area contributed by atoms with Crippen LogP contribution in [0.15, 0.2) is 10.8 Å². The third kappa shape index (κ3) is 5.98.